The highest BCUT2D eigenvalue weighted by Crippen LogP contribution is 2.36. The fourth-order valence-electron chi connectivity index (χ4n) is 2.98. The average molecular weight is 314 g/mol. The lowest BCUT2D eigenvalue weighted by Crippen LogP contribution is -2.46. The SMILES string of the molecule is CC(O)CN(CCNC1CCCC1(C)C)C(=O)OC(C)(C)C. The monoisotopic (exact) mass is 314 g/mol. The minimum Gasteiger partial charge on any atom is -0.444 e. The van der Waals surface area contributed by atoms with Crippen LogP contribution in [-0.2, 0) is 4.74 Å². The van der Waals surface area contributed by atoms with E-state index in [1.165, 1.54) is 19.3 Å². The molecule has 1 fully saturated rings. The Labute approximate surface area is 135 Å². The van der Waals surface area contributed by atoms with E-state index >= 15 is 0 Å². The van der Waals surface area contributed by atoms with Crippen LogP contribution in [0.5, 0.6) is 0 Å². The van der Waals surface area contributed by atoms with Crippen molar-refractivity contribution in [2.45, 2.75) is 78.6 Å². The first-order chi connectivity index (χ1) is 10.0. The molecule has 0 bridgehead atoms. The topological polar surface area (TPSA) is 61.8 Å². The summed E-state index contributed by atoms with van der Waals surface area (Å²) in [6.07, 6.45) is 2.77. The second-order valence-corrected chi connectivity index (χ2v) is 8.16. The second-order valence-electron chi connectivity index (χ2n) is 8.16. The molecule has 0 aliphatic heterocycles. The van der Waals surface area contributed by atoms with Gasteiger partial charge in [0.1, 0.15) is 5.60 Å². The number of carbonyl (C=O) groups excluding carboxylic acids is 1. The van der Waals surface area contributed by atoms with Gasteiger partial charge in [0, 0.05) is 25.7 Å². The minimum absolute atomic E-state index is 0.296. The largest absolute Gasteiger partial charge is 0.444 e. The van der Waals surface area contributed by atoms with Crippen LogP contribution in [0, 0.1) is 5.41 Å². The maximum Gasteiger partial charge on any atom is 0.410 e. The molecule has 5 nitrogen and oxygen atoms in total. The molecule has 0 heterocycles. The van der Waals surface area contributed by atoms with Crippen LogP contribution in [0.3, 0.4) is 0 Å². The molecule has 1 aliphatic carbocycles. The van der Waals surface area contributed by atoms with E-state index in [9.17, 15) is 9.90 Å². The van der Waals surface area contributed by atoms with Crippen molar-refractivity contribution in [3.8, 4) is 0 Å². The first-order valence-corrected chi connectivity index (χ1v) is 8.40. The molecule has 0 aromatic rings. The van der Waals surface area contributed by atoms with Crippen LogP contribution in [-0.4, -0.2) is 53.5 Å². The number of hydrogen-bond acceptors (Lipinski definition) is 4. The Morgan fingerprint density at radius 1 is 1.45 bits per heavy atom. The normalized spacial score (nSPS) is 22.4. The lowest BCUT2D eigenvalue weighted by molar-refractivity contribution is 0.0161. The molecule has 130 valence electrons. The predicted octanol–water partition coefficient (Wildman–Crippen LogP) is 2.77. The van der Waals surface area contributed by atoms with Gasteiger partial charge in [-0.2, -0.15) is 0 Å². The minimum atomic E-state index is -0.560. The van der Waals surface area contributed by atoms with Gasteiger partial charge in [-0.3, -0.25) is 0 Å². The van der Waals surface area contributed by atoms with Crippen molar-refractivity contribution in [1.82, 2.24) is 10.2 Å². The Kier molecular flexibility index (Phi) is 6.68. The van der Waals surface area contributed by atoms with Crippen molar-refractivity contribution in [2.24, 2.45) is 5.41 Å². The average Bonchev–Trinajstić information content (AvgIpc) is 2.64. The summed E-state index contributed by atoms with van der Waals surface area (Å²) in [5, 5.41) is 13.2. The fraction of sp³-hybridized carbons (Fsp3) is 0.941. The number of nitrogens with zero attached hydrogens (tertiary/aromatic N) is 1. The lowest BCUT2D eigenvalue weighted by atomic mass is 9.87. The summed E-state index contributed by atoms with van der Waals surface area (Å²) in [4.78, 5) is 13.8. The Bertz CT molecular complexity index is 361. The summed E-state index contributed by atoms with van der Waals surface area (Å²) in [6, 6.07) is 0.500. The number of rotatable bonds is 6. The standard InChI is InChI=1S/C17H34N2O3/c1-13(20)12-19(15(21)22-16(2,3)4)11-10-18-14-8-7-9-17(14,5)6/h13-14,18,20H,7-12H2,1-6H3. The van der Waals surface area contributed by atoms with Gasteiger partial charge < -0.3 is 20.1 Å². The molecular weight excluding hydrogens is 280 g/mol. The van der Waals surface area contributed by atoms with Gasteiger partial charge >= 0.3 is 6.09 Å². The Balaban J connectivity index is 2.49. The number of carbonyl (C=O) groups is 1. The summed E-state index contributed by atoms with van der Waals surface area (Å²) in [6.45, 7) is 13.4. The molecule has 0 aromatic heterocycles. The van der Waals surface area contributed by atoms with E-state index in [4.69, 9.17) is 4.74 Å². The number of amides is 1. The molecule has 0 radical (unpaired) electrons. The molecule has 1 rings (SSSR count). The van der Waals surface area contributed by atoms with Crippen LogP contribution in [0.2, 0.25) is 0 Å². The molecule has 1 aliphatic rings. The number of ether oxygens (including phenoxy) is 1. The number of hydrogen-bond donors (Lipinski definition) is 2. The molecule has 0 saturated heterocycles. The van der Waals surface area contributed by atoms with Gasteiger partial charge in [-0.25, -0.2) is 4.79 Å². The summed E-state index contributed by atoms with van der Waals surface area (Å²) < 4.78 is 5.41. The first-order valence-electron chi connectivity index (χ1n) is 8.40. The van der Waals surface area contributed by atoms with Gasteiger partial charge in [0.15, 0.2) is 0 Å². The summed E-state index contributed by atoms with van der Waals surface area (Å²) in [7, 11) is 0. The van der Waals surface area contributed by atoms with Gasteiger partial charge in [-0.05, 0) is 46.0 Å². The smallest absolute Gasteiger partial charge is 0.410 e. The highest BCUT2D eigenvalue weighted by Gasteiger charge is 2.34. The van der Waals surface area contributed by atoms with E-state index in [-0.39, 0.29) is 6.09 Å². The summed E-state index contributed by atoms with van der Waals surface area (Å²) >= 11 is 0. The molecule has 2 unspecified atom stereocenters. The third-order valence-electron chi connectivity index (χ3n) is 4.17. The number of aliphatic hydroxyl groups is 1. The number of nitrogens with one attached hydrogen (secondary N) is 1. The van der Waals surface area contributed by atoms with E-state index in [0.29, 0.717) is 24.5 Å². The van der Waals surface area contributed by atoms with Crippen molar-refractivity contribution < 1.29 is 14.6 Å². The third kappa shape index (κ3) is 6.53. The van der Waals surface area contributed by atoms with E-state index < -0.39 is 11.7 Å². The molecule has 5 heteroatoms. The zero-order valence-corrected chi connectivity index (χ0v) is 15.1. The van der Waals surface area contributed by atoms with Crippen molar-refractivity contribution >= 4 is 6.09 Å². The van der Waals surface area contributed by atoms with Crippen LogP contribution in [0.25, 0.3) is 0 Å². The van der Waals surface area contributed by atoms with Crippen molar-refractivity contribution in [3.05, 3.63) is 0 Å². The van der Waals surface area contributed by atoms with Crippen molar-refractivity contribution in [2.75, 3.05) is 19.6 Å². The molecule has 1 saturated carbocycles. The molecule has 1 amide bonds. The Hall–Kier alpha value is -0.810. The molecule has 2 N–H and O–H groups in total. The van der Waals surface area contributed by atoms with E-state index in [1.54, 1.807) is 11.8 Å². The van der Waals surface area contributed by atoms with Gasteiger partial charge in [-0.1, -0.05) is 20.3 Å². The van der Waals surface area contributed by atoms with E-state index in [2.05, 4.69) is 19.2 Å². The highest BCUT2D eigenvalue weighted by atomic mass is 16.6. The van der Waals surface area contributed by atoms with Crippen molar-refractivity contribution in [3.63, 3.8) is 0 Å². The zero-order chi connectivity index (χ0) is 17.0. The van der Waals surface area contributed by atoms with Crippen LogP contribution in [0.1, 0.15) is 60.8 Å². The molecular formula is C17H34N2O3. The van der Waals surface area contributed by atoms with E-state index in [0.717, 1.165) is 6.54 Å². The van der Waals surface area contributed by atoms with Gasteiger partial charge in [0.05, 0.1) is 6.10 Å². The Morgan fingerprint density at radius 3 is 2.55 bits per heavy atom. The van der Waals surface area contributed by atoms with Crippen LogP contribution >= 0.6 is 0 Å². The van der Waals surface area contributed by atoms with Gasteiger partial charge in [-0.15, -0.1) is 0 Å². The third-order valence-corrected chi connectivity index (χ3v) is 4.17. The van der Waals surface area contributed by atoms with Crippen LogP contribution in [0.15, 0.2) is 0 Å². The Morgan fingerprint density at radius 2 is 2.09 bits per heavy atom. The van der Waals surface area contributed by atoms with Crippen LogP contribution in [0.4, 0.5) is 4.79 Å². The maximum atomic E-state index is 12.2. The fourth-order valence-corrected chi connectivity index (χ4v) is 2.98. The molecule has 0 aromatic carbocycles. The first kappa shape index (κ1) is 19.2. The highest BCUT2D eigenvalue weighted by molar-refractivity contribution is 5.68. The number of aliphatic hydroxyl groups excluding tert-OH is 1. The lowest BCUT2D eigenvalue weighted by Gasteiger charge is -2.31. The molecule has 2 atom stereocenters. The summed E-state index contributed by atoms with van der Waals surface area (Å²) in [5.41, 5.74) is -0.198. The zero-order valence-electron chi connectivity index (χ0n) is 15.1. The quantitative estimate of drug-likeness (QED) is 0.791. The van der Waals surface area contributed by atoms with Crippen molar-refractivity contribution in [1.29, 1.82) is 0 Å². The predicted molar refractivity (Wildman–Crippen MR) is 88.9 cm³/mol. The van der Waals surface area contributed by atoms with E-state index in [1.807, 2.05) is 20.8 Å². The summed E-state index contributed by atoms with van der Waals surface area (Å²) in [5.74, 6) is 0. The second kappa shape index (κ2) is 7.64. The molecule has 22 heavy (non-hydrogen) atoms. The van der Waals surface area contributed by atoms with Gasteiger partial charge in [0.25, 0.3) is 0 Å². The maximum absolute atomic E-state index is 12.2. The van der Waals surface area contributed by atoms with Gasteiger partial charge in [0.2, 0.25) is 0 Å². The molecule has 0 spiro atoms. The van der Waals surface area contributed by atoms with Crippen LogP contribution < -0.4 is 5.32 Å².